The molecular formula is C21H30N4O. The van der Waals surface area contributed by atoms with Gasteiger partial charge in [-0.25, -0.2) is 4.98 Å². The molecule has 0 radical (unpaired) electrons. The van der Waals surface area contributed by atoms with Gasteiger partial charge < -0.3 is 10.3 Å². The van der Waals surface area contributed by atoms with Crippen LogP contribution in [0.2, 0.25) is 0 Å². The molecule has 2 heterocycles. The first-order valence-corrected chi connectivity index (χ1v) is 10.2. The summed E-state index contributed by atoms with van der Waals surface area (Å²) >= 11 is 0. The van der Waals surface area contributed by atoms with Crippen molar-refractivity contribution in [1.82, 2.24) is 20.2 Å². The van der Waals surface area contributed by atoms with Crippen LogP contribution >= 0.6 is 0 Å². The summed E-state index contributed by atoms with van der Waals surface area (Å²) < 4.78 is 0. The first-order valence-electron chi connectivity index (χ1n) is 10.2. The number of H-pyrrole nitrogens is 1. The molecule has 2 aliphatic rings. The molecule has 1 saturated heterocycles. The number of likely N-dealkylation sites (tertiary alicyclic amines) is 1. The normalized spacial score (nSPS) is 20.9. The van der Waals surface area contributed by atoms with Crippen LogP contribution in [0.5, 0.6) is 0 Å². The van der Waals surface area contributed by atoms with Crippen molar-refractivity contribution in [2.75, 3.05) is 13.1 Å². The number of amides is 1. The molecule has 0 atom stereocenters. The van der Waals surface area contributed by atoms with Gasteiger partial charge in [-0.1, -0.05) is 37.8 Å². The number of aromatic nitrogens is 2. The van der Waals surface area contributed by atoms with Crippen molar-refractivity contribution in [3.05, 3.63) is 30.1 Å². The van der Waals surface area contributed by atoms with Gasteiger partial charge in [-0.15, -0.1) is 0 Å². The molecule has 1 aliphatic carbocycles. The molecule has 1 aromatic carbocycles. The van der Waals surface area contributed by atoms with Crippen molar-refractivity contribution in [3.63, 3.8) is 0 Å². The Kier molecular flexibility index (Phi) is 5.54. The van der Waals surface area contributed by atoms with E-state index in [4.69, 9.17) is 0 Å². The van der Waals surface area contributed by atoms with Crippen LogP contribution in [-0.2, 0) is 11.3 Å². The Bertz CT molecular complexity index is 691. The third-order valence-corrected chi connectivity index (χ3v) is 5.97. The number of hydrogen-bond donors (Lipinski definition) is 2. The Morgan fingerprint density at radius 1 is 1.08 bits per heavy atom. The summed E-state index contributed by atoms with van der Waals surface area (Å²) in [5, 5.41) is 3.33. The van der Waals surface area contributed by atoms with E-state index in [2.05, 4.69) is 26.3 Å². The highest BCUT2D eigenvalue weighted by molar-refractivity contribution is 5.79. The van der Waals surface area contributed by atoms with Gasteiger partial charge in [0.2, 0.25) is 5.91 Å². The van der Waals surface area contributed by atoms with Crippen LogP contribution in [0.25, 0.3) is 11.0 Å². The highest BCUT2D eigenvalue weighted by Crippen LogP contribution is 2.22. The van der Waals surface area contributed by atoms with E-state index in [0.717, 1.165) is 62.2 Å². The van der Waals surface area contributed by atoms with Crippen LogP contribution in [0.4, 0.5) is 0 Å². The van der Waals surface area contributed by atoms with Crippen LogP contribution in [-0.4, -0.2) is 39.9 Å². The molecule has 4 rings (SSSR count). The minimum Gasteiger partial charge on any atom is -0.353 e. The lowest BCUT2D eigenvalue weighted by atomic mass is 9.95. The van der Waals surface area contributed by atoms with Crippen molar-refractivity contribution < 1.29 is 4.79 Å². The van der Waals surface area contributed by atoms with Crippen molar-refractivity contribution in [1.29, 1.82) is 0 Å². The second-order valence-corrected chi connectivity index (χ2v) is 7.95. The zero-order valence-electron chi connectivity index (χ0n) is 15.5. The number of nitrogens with one attached hydrogen (secondary N) is 2. The predicted molar refractivity (Wildman–Crippen MR) is 104 cm³/mol. The summed E-state index contributed by atoms with van der Waals surface area (Å²) in [5.41, 5.74) is 2.13. The van der Waals surface area contributed by atoms with E-state index < -0.39 is 0 Å². The fourth-order valence-corrected chi connectivity index (χ4v) is 4.39. The number of nitrogens with zero attached hydrogens (tertiary/aromatic N) is 2. The van der Waals surface area contributed by atoms with E-state index >= 15 is 0 Å². The Balaban J connectivity index is 1.26. The molecule has 140 valence electrons. The smallest absolute Gasteiger partial charge is 0.223 e. The standard InChI is InChI=1S/C21H30N4O/c26-21(22-17-7-3-1-2-4-8-17)16-11-13-25(14-12-16)15-20-23-18-9-5-6-10-19(18)24-20/h5-6,9-10,16-17H,1-4,7-8,11-15H2,(H,22,26)(H,23,24). The predicted octanol–water partition coefficient (Wildman–Crippen LogP) is 3.61. The molecular weight excluding hydrogens is 324 g/mol. The third-order valence-electron chi connectivity index (χ3n) is 5.97. The molecule has 2 N–H and O–H groups in total. The first kappa shape index (κ1) is 17.5. The molecule has 5 heteroatoms. The van der Waals surface area contributed by atoms with Gasteiger partial charge in [0, 0.05) is 12.0 Å². The number of benzene rings is 1. The molecule has 1 aromatic heterocycles. The van der Waals surface area contributed by atoms with Crippen LogP contribution in [0.15, 0.2) is 24.3 Å². The average Bonchev–Trinajstić information content (AvgIpc) is 2.89. The second-order valence-electron chi connectivity index (χ2n) is 7.95. The van der Waals surface area contributed by atoms with Crippen molar-refractivity contribution in [3.8, 4) is 0 Å². The maximum absolute atomic E-state index is 12.6. The van der Waals surface area contributed by atoms with Crippen molar-refractivity contribution >= 4 is 16.9 Å². The zero-order chi connectivity index (χ0) is 17.8. The molecule has 1 saturated carbocycles. The van der Waals surface area contributed by atoms with Crippen molar-refractivity contribution in [2.24, 2.45) is 5.92 Å². The summed E-state index contributed by atoms with van der Waals surface area (Å²) in [6, 6.07) is 8.57. The minimum absolute atomic E-state index is 0.185. The van der Waals surface area contributed by atoms with Crippen LogP contribution in [0.1, 0.15) is 57.2 Å². The van der Waals surface area contributed by atoms with Gasteiger partial charge in [-0.3, -0.25) is 9.69 Å². The number of carbonyl (C=O) groups excluding carboxylic acids is 1. The lowest BCUT2D eigenvalue weighted by molar-refractivity contribution is -0.127. The van der Waals surface area contributed by atoms with E-state index in [1.165, 1.54) is 25.7 Å². The Morgan fingerprint density at radius 2 is 1.81 bits per heavy atom. The molecule has 2 fully saturated rings. The average molecular weight is 354 g/mol. The van der Waals surface area contributed by atoms with Crippen molar-refractivity contribution in [2.45, 2.75) is 64.0 Å². The maximum atomic E-state index is 12.6. The highest BCUT2D eigenvalue weighted by atomic mass is 16.1. The SMILES string of the molecule is O=C(NC1CCCCCC1)C1CCN(Cc2nc3ccccc3[nH]2)CC1. The Hall–Kier alpha value is -1.88. The summed E-state index contributed by atoms with van der Waals surface area (Å²) in [7, 11) is 0. The van der Waals surface area contributed by atoms with Gasteiger partial charge in [-0.05, 0) is 50.9 Å². The summed E-state index contributed by atoms with van der Waals surface area (Å²) in [4.78, 5) is 23.1. The van der Waals surface area contributed by atoms with Gasteiger partial charge >= 0.3 is 0 Å². The molecule has 2 aromatic rings. The lowest BCUT2D eigenvalue weighted by Gasteiger charge is -2.31. The summed E-state index contributed by atoms with van der Waals surface area (Å²) in [5.74, 6) is 1.50. The number of piperidine rings is 1. The zero-order valence-corrected chi connectivity index (χ0v) is 15.5. The van der Waals surface area contributed by atoms with E-state index in [-0.39, 0.29) is 5.92 Å². The molecule has 26 heavy (non-hydrogen) atoms. The van der Waals surface area contributed by atoms with Gasteiger partial charge in [0.1, 0.15) is 5.82 Å². The van der Waals surface area contributed by atoms with Gasteiger partial charge in [0.15, 0.2) is 0 Å². The fraction of sp³-hybridized carbons (Fsp3) is 0.619. The number of para-hydroxylation sites is 2. The largest absolute Gasteiger partial charge is 0.353 e. The lowest BCUT2D eigenvalue weighted by Crippen LogP contribution is -2.43. The Morgan fingerprint density at radius 3 is 2.54 bits per heavy atom. The van der Waals surface area contributed by atoms with Gasteiger partial charge in [0.25, 0.3) is 0 Å². The van der Waals surface area contributed by atoms with E-state index in [1.54, 1.807) is 0 Å². The number of fused-ring (bicyclic) bond motifs is 1. The summed E-state index contributed by atoms with van der Waals surface area (Å²) in [6.07, 6.45) is 9.42. The quantitative estimate of drug-likeness (QED) is 0.825. The van der Waals surface area contributed by atoms with Gasteiger partial charge in [-0.2, -0.15) is 0 Å². The molecule has 0 spiro atoms. The number of rotatable bonds is 4. The van der Waals surface area contributed by atoms with Gasteiger partial charge in [0.05, 0.1) is 17.6 Å². The summed E-state index contributed by atoms with van der Waals surface area (Å²) in [6.45, 7) is 2.78. The molecule has 1 amide bonds. The van der Waals surface area contributed by atoms with Crippen LogP contribution in [0, 0.1) is 5.92 Å². The fourth-order valence-electron chi connectivity index (χ4n) is 4.39. The van der Waals surface area contributed by atoms with E-state index in [1.807, 2.05) is 18.2 Å². The number of aromatic amines is 1. The third kappa shape index (κ3) is 4.26. The van der Waals surface area contributed by atoms with E-state index in [0.29, 0.717) is 11.9 Å². The minimum atomic E-state index is 0.185. The second kappa shape index (κ2) is 8.21. The first-order chi connectivity index (χ1) is 12.8. The number of imidazole rings is 1. The number of hydrogen-bond acceptors (Lipinski definition) is 3. The molecule has 0 bridgehead atoms. The monoisotopic (exact) mass is 354 g/mol. The van der Waals surface area contributed by atoms with Crippen LogP contribution < -0.4 is 5.32 Å². The van der Waals surface area contributed by atoms with E-state index in [9.17, 15) is 4.79 Å². The highest BCUT2D eigenvalue weighted by Gasteiger charge is 2.27. The molecule has 1 aliphatic heterocycles. The van der Waals surface area contributed by atoms with Crippen LogP contribution in [0.3, 0.4) is 0 Å². The topological polar surface area (TPSA) is 61.0 Å². The maximum Gasteiger partial charge on any atom is 0.223 e. The molecule has 5 nitrogen and oxygen atoms in total. The molecule has 0 unspecified atom stereocenters. The number of carbonyl (C=O) groups is 1. The Labute approximate surface area is 155 Å².